The summed E-state index contributed by atoms with van der Waals surface area (Å²) in [6.45, 7) is 7.48. The summed E-state index contributed by atoms with van der Waals surface area (Å²) in [5.41, 5.74) is 2.08. The zero-order valence-electron chi connectivity index (χ0n) is 21.2. The van der Waals surface area contributed by atoms with Crippen molar-refractivity contribution in [2.24, 2.45) is 11.8 Å². The largest absolute Gasteiger partial charge is 0.465 e. The van der Waals surface area contributed by atoms with E-state index in [9.17, 15) is 17.4 Å². The summed E-state index contributed by atoms with van der Waals surface area (Å²) in [6.07, 6.45) is 1.86. The van der Waals surface area contributed by atoms with E-state index in [4.69, 9.17) is 9.89 Å². The van der Waals surface area contributed by atoms with Crippen LogP contribution in [0.25, 0.3) is 0 Å². The number of sulfonamides is 1. The molecule has 11 heteroatoms. The summed E-state index contributed by atoms with van der Waals surface area (Å²) in [4.78, 5) is 12.6. The minimum Gasteiger partial charge on any atom is -0.465 e. The Morgan fingerprint density at radius 1 is 1.19 bits per heavy atom. The molecule has 1 aliphatic rings. The third-order valence-electron chi connectivity index (χ3n) is 6.26. The van der Waals surface area contributed by atoms with Gasteiger partial charge in [0, 0.05) is 32.4 Å². The van der Waals surface area contributed by atoms with Crippen molar-refractivity contribution < 1.29 is 22.5 Å². The molecule has 198 valence electrons. The summed E-state index contributed by atoms with van der Waals surface area (Å²) in [5, 5.41) is 12.3. The lowest BCUT2D eigenvalue weighted by Gasteiger charge is -2.27. The van der Waals surface area contributed by atoms with Gasteiger partial charge in [0.15, 0.2) is 0 Å². The number of benzene rings is 2. The first kappa shape index (κ1) is 27.8. The molecule has 0 aliphatic carbocycles. The molecule has 3 rings (SSSR count). The highest BCUT2D eigenvalue weighted by atomic mass is 32.2. The molecule has 36 heavy (non-hydrogen) atoms. The molecule has 1 amide bonds. The Kier molecular flexibility index (Phi) is 8.55. The number of nitrogens with zero attached hydrogens (tertiary/aromatic N) is 2. The quantitative estimate of drug-likeness (QED) is 0.408. The average molecular weight is 537 g/mol. The molecule has 0 spiro atoms. The molecule has 2 aromatic rings. The van der Waals surface area contributed by atoms with Gasteiger partial charge in [-0.3, -0.25) is 4.31 Å². The number of anilines is 2. The summed E-state index contributed by atoms with van der Waals surface area (Å²) in [6, 6.07) is 11.8. The van der Waals surface area contributed by atoms with Crippen molar-refractivity contribution in [2.75, 3.05) is 42.1 Å². The first-order valence-electron chi connectivity index (χ1n) is 12.0. The van der Waals surface area contributed by atoms with Crippen molar-refractivity contribution in [3.63, 3.8) is 0 Å². The van der Waals surface area contributed by atoms with Crippen LogP contribution in [0, 0.1) is 16.6 Å². The first-order valence-corrected chi connectivity index (χ1v) is 15.4. The molecule has 1 heterocycles. The van der Waals surface area contributed by atoms with Crippen molar-refractivity contribution in [3.05, 3.63) is 48.0 Å². The van der Waals surface area contributed by atoms with Gasteiger partial charge in [-0.25, -0.2) is 22.2 Å². The third kappa shape index (κ3) is 6.50. The van der Waals surface area contributed by atoms with E-state index in [1.165, 1.54) is 27.6 Å². The maximum atomic E-state index is 13.8. The van der Waals surface area contributed by atoms with Gasteiger partial charge >= 0.3 is 6.09 Å². The molecule has 2 aromatic carbocycles. The van der Waals surface area contributed by atoms with E-state index in [2.05, 4.69) is 5.32 Å². The van der Waals surface area contributed by atoms with Gasteiger partial charge in [0.25, 0.3) is 10.0 Å². The molecule has 0 radical (unpaired) electrons. The molecule has 1 aliphatic heterocycles. The Bertz CT molecular complexity index is 1290. The van der Waals surface area contributed by atoms with Crippen LogP contribution in [0.1, 0.15) is 32.8 Å². The topological polar surface area (TPSA) is 131 Å². The van der Waals surface area contributed by atoms with E-state index in [1.807, 2.05) is 32.9 Å². The van der Waals surface area contributed by atoms with Gasteiger partial charge in [0.2, 0.25) is 0 Å². The number of hydrogen-bond donors (Lipinski definition) is 3. The van der Waals surface area contributed by atoms with Gasteiger partial charge in [-0.05, 0) is 60.6 Å². The average Bonchev–Trinajstić information content (AvgIpc) is 3.30. The Morgan fingerprint density at radius 2 is 1.86 bits per heavy atom. The van der Waals surface area contributed by atoms with E-state index in [1.54, 1.807) is 18.2 Å². The predicted molar refractivity (Wildman–Crippen MR) is 143 cm³/mol. The molecule has 1 fully saturated rings. The van der Waals surface area contributed by atoms with Crippen LogP contribution >= 0.6 is 0 Å². The molecule has 1 saturated heterocycles. The maximum Gasteiger partial charge on any atom is 0.407 e. The van der Waals surface area contributed by atoms with Crippen LogP contribution in [0.3, 0.4) is 0 Å². The monoisotopic (exact) mass is 536 g/mol. The van der Waals surface area contributed by atoms with Crippen molar-refractivity contribution in [1.82, 2.24) is 4.90 Å². The second-order valence-corrected chi connectivity index (χ2v) is 13.7. The first-order chi connectivity index (χ1) is 16.8. The fourth-order valence-corrected chi connectivity index (χ4v) is 6.90. The van der Waals surface area contributed by atoms with Crippen LogP contribution in [0.2, 0.25) is 0 Å². The number of amides is 1. The lowest BCUT2D eigenvalue weighted by molar-refractivity contribution is 0.154. The van der Waals surface area contributed by atoms with Crippen LogP contribution in [0.15, 0.2) is 52.3 Å². The van der Waals surface area contributed by atoms with E-state index in [-0.39, 0.29) is 28.2 Å². The third-order valence-corrected chi connectivity index (χ3v) is 9.23. The van der Waals surface area contributed by atoms with Gasteiger partial charge in [0.1, 0.15) is 0 Å². The summed E-state index contributed by atoms with van der Waals surface area (Å²) >= 11 is 0. The molecule has 0 saturated carbocycles. The van der Waals surface area contributed by atoms with Gasteiger partial charge in [-0.2, -0.15) is 0 Å². The second-order valence-electron chi connectivity index (χ2n) is 9.72. The number of carbonyl (C=O) groups is 1. The molecule has 9 nitrogen and oxygen atoms in total. The molecule has 2 unspecified atom stereocenters. The standard InChI is InChI=1S/C25H36N4O5S2/c1-5-19-6-8-21(9-7-19)29(16-18(2)3)36(33,34)22-10-11-23(24(14-22)35(4,26)32)27-15-20-12-13-28(17-20)25(30)31/h6-11,14,18,20,26-27H,5,12-13,15-17H2,1-4H3,(H,30,31). The van der Waals surface area contributed by atoms with Crippen molar-refractivity contribution in [3.8, 4) is 0 Å². The highest BCUT2D eigenvalue weighted by molar-refractivity contribution is 7.93. The van der Waals surface area contributed by atoms with E-state index in [0.717, 1.165) is 12.0 Å². The van der Waals surface area contributed by atoms with Gasteiger partial charge in [0.05, 0.1) is 30.9 Å². The number of carboxylic acid groups (broad SMARTS) is 1. The van der Waals surface area contributed by atoms with Crippen LogP contribution in [-0.4, -0.2) is 61.2 Å². The van der Waals surface area contributed by atoms with Gasteiger partial charge in [-0.1, -0.05) is 32.9 Å². The van der Waals surface area contributed by atoms with E-state index >= 15 is 0 Å². The lowest BCUT2D eigenvalue weighted by Crippen LogP contribution is -2.34. The van der Waals surface area contributed by atoms with Crippen molar-refractivity contribution in [1.29, 1.82) is 4.78 Å². The number of nitrogens with one attached hydrogen (secondary N) is 2. The SMILES string of the molecule is CCc1ccc(N(CC(C)C)S(=O)(=O)c2ccc(NCC3CCN(C(=O)O)C3)c(S(C)(=N)=O)c2)cc1. The van der Waals surface area contributed by atoms with Crippen molar-refractivity contribution in [2.45, 2.75) is 43.4 Å². The number of hydrogen-bond acceptors (Lipinski definition) is 6. The molecule has 3 N–H and O–H groups in total. The molecular formula is C25H36N4O5S2. The fourth-order valence-electron chi connectivity index (χ4n) is 4.26. The maximum absolute atomic E-state index is 13.8. The van der Waals surface area contributed by atoms with Gasteiger partial charge < -0.3 is 15.3 Å². The minimum absolute atomic E-state index is 0.0250. The highest BCUT2D eigenvalue weighted by Gasteiger charge is 2.29. The Hall–Kier alpha value is -2.79. The summed E-state index contributed by atoms with van der Waals surface area (Å²) in [7, 11) is -7.25. The van der Waals surface area contributed by atoms with Crippen LogP contribution in [-0.2, 0) is 26.2 Å². The molecule has 0 aromatic heterocycles. The lowest BCUT2D eigenvalue weighted by atomic mass is 10.1. The van der Waals surface area contributed by atoms with Crippen LogP contribution < -0.4 is 9.62 Å². The number of rotatable bonds is 10. The van der Waals surface area contributed by atoms with E-state index < -0.39 is 25.8 Å². The number of aryl methyl sites for hydroxylation is 1. The Balaban J connectivity index is 1.93. The Labute approximate surface area is 214 Å². The summed E-state index contributed by atoms with van der Waals surface area (Å²) in [5.74, 6) is 0.137. The smallest absolute Gasteiger partial charge is 0.407 e. The minimum atomic E-state index is -3.99. The zero-order valence-corrected chi connectivity index (χ0v) is 22.9. The van der Waals surface area contributed by atoms with Crippen LogP contribution in [0.5, 0.6) is 0 Å². The van der Waals surface area contributed by atoms with Crippen molar-refractivity contribution >= 4 is 37.2 Å². The Morgan fingerprint density at radius 3 is 2.39 bits per heavy atom. The van der Waals surface area contributed by atoms with Gasteiger partial charge in [-0.15, -0.1) is 0 Å². The fraction of sp³-hybridized carbons (Fsp3) is 0.480. The summed E-state index contributed by atoms with van der Waals surface area (Å²) < 4.78 is 50.0. The normalized spacial score (nSPS) is 17.7. The van der Waals surface area contributed by atoms with E-state index in [0.29, 0.717) is 37.4 Å². The molecule has 2 atom stereocenters. The van der Waals surface area contributed by atoms with Crippen LogP contribution in [0.4, 0.5) is 16.2 Å². The molecule has 0 bridgehead atoms. The molecular weight excluding hydrogens is 500 g/mol. The number of likely N-dealkylation sites (tertiary alicyclic amines) is 1. The second kappa shape index (κ2) is 11.1. The zero-order chi connectivity index (χ0) is 26.7. The predicted octanol–water partition coefficient (Wildman–Crippen LogP) is 4.55. The highest BCUT2D eigenvalue weighted by Crippen LogP contribution is 2.31.